The Morgan fingerprint density at radius 1 is 0.955 bits per heavy atom. The van der Waals surface area contributed by atoms with Crippen LogP contribution < -0.4 is 0 Å². The Bertz CT molecular complexity index is 774. The van der Waals surface area contributed by atoms with E-state index in [-0.39, 0.29) is 6.42 Å². The van der Waals surface area contributed by atoms with E-state index in [9.17, 15) is 4.79 Å². The van der Waals surface area contributed by atoms with Gasteiger partial charge in [0.05, 0.1) is 0 Å². The first-order chi connectivity index (χ1) is 10.7. The highest BCUT2D eigenvalue weighted by Gasteiger charge is 2.09. The third kappa shape index (κ3) is 3.19. The van der Waals surface area contributed by atoms with Crippen molar-refractivity contribution in [2.24, 2.45) is 0 Å². The maximum Gasteiger partial charge on any atom is 0.303 e. The largest absolute Gasteiger partial charge is 0.481 e. The van der Waals surface area contributed by atoms with Crippen LogP contribution in [-0.2, 0) is 24.2 Å². The summed E-state index contributed by atoms with van der Waals surface area (Å²) in [5.74, 6) is -0.749. The lowest BCUT2D eigenvalue weighted by molar-refractivity contribution is -0.136. The summed E-state index contributed by atoms with van der Waals surface area (Å²) in [7, 11) is 0. The average molecular weight is 293 g/mol. The van der Waals surface area contributed by atoms with Crippen LogP contribution in [0.3, 0.4) is 0 Å². The zero-order valence-corrected chi connectivity index (χ0v) is 12.4. The number of hydrogen-bond donors (Lipinski definition) is 1. The van der Waals surface area contributed by atoms with Gasteiger partial charge in [0, 0.05) is 30.1 Å². The van der Waals surface area contributed by atoms with Crippen LogP contribution >= 0.6 is 0 Å². The second-order valence-corrected chi connectivity index (χ2v) is 5.49. The number of aliphatic carboxylic acids is 1. The minimum Gasteiger partial charge on any atom is -0.481 e. The molecule has 0 saturated carbocycles. The van der Waals surface area contributed by atoms with Gasteiger partial charge >= 0.3 is 5.97 Å². The molecule has 0 amide bonds. The molecular weight excluding hydrogens is 274 g/mol. The number of carboxylic acid groups (broad SMARTS) is 1. The minimum absolute atomic E-state index is 0.173. The predicted octanol–water partition coefficient (Wildman–Crippen LogP) is 3.90. The summed E-state index contributed by atoms with van der Waals surface area (Å²) in [5.41, 5.74) is 3.61. The minimum atomic E-state index is -0.749. The number of benzene rings is 2. The molecule has 0 atom stereocenters. The lowest BCUT2D eigenvalue weighted by atomic mass is 10.1. The molecule has 1 heterocycles. The fourth-order valence-corrected chi connectivity index (χ4v) is 2.84. The van der Waals surface area contributed by atoms with Gasteiger partial charge in [0.2, 0.25) is 0 Å². The monoisotopic (exact) mass is 293 g/mol. The molecule has 3 nitrogen and oxygen atoms in total. The summed E-state index contributed by atoms with van der Waals surface area (Å²) in [5, 5.41) is 10.1. The van der Waals surface area contributed by atoms with Gasteiger partial charge in [-0.3, -0.25) is 4.79 Å². The van der Waals surface area contributed by atoms with Crippen LogP contribution in [0.5, 0.6) is 0 Å². The molecule has 1 aromatic heterocycles. The Balaban J connectivity index is 1.84. The summed E-state index contributed by atoms with van der Waals surface area (Å²) in [4.78, 5) is 10.8. The van der Waals surface area contributed by atoms with Gasteiger partial charge in [-0.05, 0) is 30.0 Å². The molecule has 3 rings (SSSR count). The zero-order valence-electron chi connectivity index (χ0n) is 12.4. The van der Waals surface area contributed by atoms with Crippen LogP contribution in [0.25, 0.3) is 10.9 Å². The van der Waals surface area contributed by atoms with Crippen molar-refractivity contribution in [3.8, 4) is 0 Å². The maximum atomic E-state index is 10.8. The number of rotatable bonds is 6. The lowest BCUT2D eigenvalue weighted by Gasteiger charge is -2.05. The molecule has 0 aliphatic carbocycles. The van der Waals surface area contributed by atoms with Crippen LogP contribution in [0.1, 0.15) is 17.5 Å². The van der Waals surface area contributed by atoms with E-state index < -0.39 is 5.97 Å². The quantitative estimate of drug-likeness (QED) is 0.749. The summed E-state index contributed by atoms with van der Waals surface area (Å²) in [6.07, 6.45) is 3.83. The summed E-state index contributed by atoms with van der Waals surface area (Å²) in [6, 6.07) is 18.6. The van der Waals surface area contributed by atoms with E-state index in [0.29, 0.717) is 6.42 Å². The molecule has 0 bridgehead atoms. The number of carboxylic acids is 1. The summed E-state index contributed by atoms with van der Waals surface area (Å²) >= 11 is 0. The normalized spacial score (nSPS) is 10.9. The molecule has 1 N–H and O–H groups in total. The molecule has 3 heteroatoms. The number of carbonyl (C=O) groups is 1. The molecular formula is C19H19NO2. The van der Waals surface area contributed by atoms with Gasteiger partial charge in [0.1, 0.15) is 0 Å². The van der Waals surface area contributed by atoms with Crippen molar-refractivity contribution in [3.05, 3.63) is 71.9 Å². The van der Waals surface area contributed by atoms with E-state index in [0.717, 1.165) is 23.9 Å². The highest BCUT2D eigenvalue weighted by Crippen LogP contribution is 2.23. The Morgan fingerprint density at radius 2 is 1.68 bits per heavy atom. The van der Waals surface area contributed by atoms with E-state index >= 15 is 0 Å². The van der Waals surface area contributed by atoms with Crippen LogP contribution in [0.15, 0.2) is 60.8 Å². The van der Waals surface area contributed by atoms with Gasteiger partial charge in [-0.25, -0.2) is 0 Å². The van der Waals surface area contributed by atoms with Crippen LogP contribution in [0.4, 0.5) is 0 Å². The Hall–Kier alpha value is -2.55. The van der Waals surface area contributed by atoms with Crippen LogP contribution in [-0.4, -0.2) is 15.6 Å². The highest BCUT2D eigenvalue weighted by molar-refractivity contribution is 5.84. The standard InChI is InChI=1S/C19H19NO2/c21-19(22)11-10-16-14-20(18-9-5-4-8-17(16)18)13-12-15-6-2-1-3-7-15/h1-9,14H,10-13H2,(H,21,22). The molecule has 2 aromatic carbocycles. The molecule has 0 fully saturated rings. The zero-order chi connectivity index (χ0) is 15.4. The van der Waals surface area contributed by atoms with Crippen molar-refractivity contribution in [3.63, 3.8) is 0 Å². The fraction of sp³-hybridized carbons (Fsp3) is 0.211. The topological polar surface area (TPSA) is 42.2 Å². The third-order valence-electron chi connectivity index (χ3n) is 3.96. The van der Waals surface area contributed by atoms with E-state index in [4.69, 9.17) is 5.11 Å². The van der Waals surface area contributed by atoms with E-state index in [1.807, 2.05) is 18.2 Å². The number of aromatic nitrogens is 1. The van der Waals surface area contributed by atoms with Crippen LogP contribution in [0, 0.1) is 0 Å². The number of hydrogen-bond acceptors (Lipinski definition) is 1. The van der Waals surface area contributed by atoms with Crippen molar-refractivity contribution in [2.45, 2.75) is 25.8 Å². The fourth-order valence-electron chi connectivity index (χ4n) is 2.84. The first-order valence-corrected chi connectivity index (χ1v) is 7.56. The molecule has 0 spiro atoms. The van der Waals surface area contributed by atoms with Gasteiger partial charge in [-0.1, -0.05) is 48.5 Å². The number of aryl methyl sites for hydroxylation is 3. The lowest BCUT2D eigenvalue weighted by Crippen LogP contribution is -2.00. The molecule has 0 unspecified atom stereocenters. The Morgan fingerprint density at radius 3 is 2.45 bits per heavy atom. The Kier molecular flexibility index (Phi) is 4.24. The maximum absolute atomic E-state index is 10.8. The van der Waals surface area contributed by atoms with E-state index in [1.54, 1.807) is 0 Å². The summed E-state index contributed by atoms with van der Waals surface area (Å²) in [6.45, 7) is 0.900. The second-order valence-electron chi connectivity index (χ2n) is 5.49. The smallest absolute Gasteiger partial charge is 0.303 e. The van der Waals surface area contributed by atoms with Crippen molar-refractivity contribution < 1.29 is 9.90 Å². The molecule has 0 saturated heterocycles. The SMILES string of the molecule is O=C(O)CCc1cn(CCc2ccccc2)c2ccccc12. The average Bonchev–Trinajstić information content (AvgIpc) is 2.90. The molecule has 0 aliphatic rings. The van der Waals surface area contributed by atoms with Gasteiger partial charge in [0.25, 0.3) is 0 Å². The number of para-hydroxylation sites is 1. The van der Waals surface area contributed by atoms with Gasteiger partial charge < -0.3 is 9.67 Å². The van der Waals surface area contributed by atoms with Crippen molar-refractivity contribution in [1.82, 2.24) is 4.57 Å². The number of nitrogens with zero attached hydrogens (tertiary/aromatic N) is 1. The molecule has 22 heavy (non-hydrogen) atoms. The predicted molar refractivity (Wildman–Crippen MR) is 88.0 cm³/mol. The molecule has 0 radical (unpaired) electrons. The van der Waals surface area contributed by atoms with Crippen molar-refractivity contribution >= 4 is 16.9 Å². The summed E-state index contributed by atoms with van der Waals surface area (Å²) < 4.78 is 2.24. The van der Waals surface area contributed by atoms with E-state index in [1.165, 1.54) is 11.1 Å². The molecule has 112 valence electrons. The third-order valence-corrected chi connectivity index (χ3v) is 3.96. The Labute approximate surface area is 129 Å². The van der Waals surface area contributed by atoms with Crippen molar-refractivity contribution in [2.75, 3.05) is 0 Å². The van der Waals surface area contributed by atoms with Gasteiger partial charge in [0.15, 0.2) is 0 Å². The van der Waals surface area contributed by atoms with Gasteiger partial charge in [-0.2, -0.15) is 0 Å². The highest BCUT2D eigenvalue weighted by atomic mass is 16.4. The number of fused-ring (bicyclic) bond motifs is 1. The van der Waals surface area contributed by atoms with Crippen molar-refractivity contribution in [1.29, 1.82) is 0 Å². The first-order valence-electron chi connectivity index (χ1n) is 7.56. The van der Waals surface area contributed by atoms with Gasteiger partial charge in [-0.15, -0.1) is 0 Å². The van der Waals surface area contributed by atoms with Crippen LogP contribution in [0.2, 0.25) is 0 Å². The first kappa shape index (κ1) is 14.4. The molecule has 3 aromatic rings. The second kappa shape index (κ2) is 6.48. The van der Waals surface area contributed by atoms with E-state index in [2.05, 4.69) is 47.2 Å². The molecule has 0 aliphatic heterocycles.